The number of hydrogen-bond acceptors (Lipinski definition) is 3. The monoisotopic (exact) mass is 412 g/mol. The predicted molar refractivity (Wildman–Crippen MR) is 87.7 cm³/mol. The molecule has 0 unspecified atom stereocenters. The lowest BCUT2D eigenvalue weighted by Crippen LogP contribution is -1.99. The third-order valence-electron chi connectivity index (χ3n) is 3.41. The van der Waals surface area contributed by atoms with E-state index in [1.54, 1.807) is 0 Å². The van der Waals surface area contributed by atoms with Gasteiger partial charge in [0.2, 0.25) is 0 Å². The van der Waals surface area contributed by atoms with Gasteiger partial charge in [-0.15, -0.1) is 0 Å². The lowest BCUT2D eigenvalue weighted by molar-refractivity contribution is 0.275. The number of ether oxygens (including phenoxy) is 2. The molecule has 0 radical (unpaired) electrons. The van der Waals surface area contributed by atoms with Crippen molar-refractivity contribution in [3.8, 4) is 11.5 Å². The second-order valence-corrected chi connectivity index (χ2v) is 6.62. The Balaban J connectivity index is 1.79. The van der Waals surface area contributed by atoms with Gasteiger partial charge in [0.15, 0.2) is 0 Å². The molecular weight excluding hydrogens is 400 g/mol. The third kappa shape index (κ3) is 3.25. The largest absolute Gasteiger partial charge is 0.493 e. The van der Waals surface area contributed by atoms with Crippen molar-refractivity contribution in [2.75, 3.05) is 6.61 Å². The maximum atomic E-state index is 9.28. The number of aliphatic hydroxyl groups is 1. The number of benzene rings is 2. The number of hydrogen-bond donors (Lipinski definition) is 1. The van der Waals surface area contributed by atoms with Crippen molar-refractivity contribution in [2.24, 2.45) is 0 Å². The van der Waals surface area contributed by atoms with Crippen LogP contribution in [0.15, 0.2) is 39.3 Å². The van der Waals surface area contributed by atoms with E-state index in [9.17, 15) is 5.11 Å². The normalized spacial score (nSPS) is 12.9. The summed E-state index contributed by atoms with van der Waals surface area (Å²) in [4.78, 5) is 0. The minimum Gasteiger partial charge on any atom is -0.493 e. The summed E-state index contributed by atoms with van der Waals surface area (Å²) in [5.74, 6) is 1.67. The second kappa shape index (κ2) is 6.38. The van der Waals surface area contributed by atoms with E-state index in [-0.39, 0.29) is 6.61 Å². The van der Waals surface area contributed by atoms with Crippen LogP contribution in [-0.4, -0.2) is 11.7 Å². The average Bonchev–Trinajstić information content (AvgIpc) is 2.94. The molecule has 0 bridgehead atoms. The highest BCUT2D eigenvalue weighted by molar-refractivity contribution is 9.10. The van der Waals surface area contributed by atoms with E-state index in [0.29, 0.717) is 6.61 Å². The molecule has 5 heteroatoms. The maximum Gasteiger partial charge on any atom is 0.129 e. The first-order valence-electron chi connectivity index (χ1n) is 6.63. The van der Waals surface area contributed by atoms with Gasteiger partial charge in [0.25, 0.3) is 0 Å². The smallest absolute Gasteiger partial charge is 0.129 e. The first-order valence-corrected chi connectivity index (χ1v) is 8.22. The van der Waals surface area contributed by atoms with E-state index in [1.807, 2.05) is 24.3 Å². The van der Waals surface area contributed by atoms with Crippen molar-refractivity contribution in [1.82, 2.24) is 0 Å². The third-order valence-corrected chi connectivity index (χ3v) is 4.64. The zero-order chi connectivity index (χ0) is 14.8. The molecule has 1 N–H and O–H groups in total. The Kier molecular flexibility index (Phi) is 4.52. The average molecular weight is 414 g/mol. The zero-order valence-corrected chi connectivity index (χ0v) is 14.4. The Morgan fingerprint density at radius 1 is 1.14 bits per heavy atom. The zero-order valence-electron chi connectivity index (χ0n) is 11.2. The van der Waals surface area contributed by atoms with Crippen LogP contribution in [0.2, 0.25) is 0 Å². The fraction of sp³-hybridized carbons (Fsp3) is 0.250. The van der Waals surface area contributed by atoms with Gasteiger partial charge in [0, 0.05) is 20.9 Å². The predicted octanol–water partition coefficient (Wildman–Crippen LogP) is 4.22. The van der Waals surface area contributed by atoms with Gasteiger partial charge in [-0.3, -0.25) is 0 Å². The summed E-state index contributed by atoms with van der Waals surface area (Å²) in [5, 5.41) is 9.28. The number of aliphatic hydroxyl groups excluding tert-OH is 1. The van der Waals surface area contributed by atoms with E-state index in [4.69, 9.17) is 9.47 Å². The Morgan fingerprint density at radius 3 is 2.81 bits per heavy atom. The van der Waals surface area contributed by atoms with Crippen molar-refractivity contribution in [1.29, 1.82) is 0 Å². The van der Waals surface area contributed by atoms with Crippen LogP contribution in [0.4, 0.5) is 0 Å². The number of halogens is 2. The molecule has 21 heavy (non-hydrogen) atoms. The first-order chi connectivity index (χ1) is 10.2. The Bertz CT molecular complexity index is 671. The van der Waals surface area contributed by atoms with Crippen molar-refractivity contribution < 1.29 is 14.6 Å². The van der Waals surface area contributed by atoms with Gasteiger partial charge in [0.1, 0.15) is 18.1 Å². The molecule has 1 aliphatic rings. The molecular formula is C16H14Br2O3. The van der Waals surface area contributed by atoms with E-state index in [0.717, 1.165) is 44.6 Å². The highest BCUT2D eigenvalue weighted by atomic mass is 79.9. The van der Waals surface area contributed by atoms with Crippen LogP contribution in [0.25, 0.3) is 0 Å². The van der Waals surface area contributed by atoms with Crippen LogP contribution in [-0.2, 0) is 19.6 Å². The molecule has 0 aliphatic carbocycles. The van der Waals surface area contributed by atoms with E-state index >= 15 is 0 Å². The van der Waals surface area contributed by atoms with Gasteiger partial charge in [-0.05, 0) is 41.5 Å². The van der Waals surface area contributed by atoms with Crippen molar-refractivity contribution in [2.45, 2.75) is 19.6 Å². The van der Waals surface area contributed by atoms with Crippen molar-refractivity contribution in [3.05, 3.63) is 56.0 Å². The quantitative estimate of drug-likeness (QED) is 0.815. The standard InChI is InChI=1S/C16H14Br2O3/c17-13-5-10-3-4-20-16(10)12(6-13)9-21-14-1-2-15(18)11(7-14)8-19/h1-2,5-7,19H,3-4,8-9H2. The minimum absolute atomic E-state index is 0.0207. The Hall–Kier alpha value is -1.04. The summed E-state index contributed by atoms with van der Waals surface area (Å²) in [6.07, 6.45) is 0.939. The van der Waals surface area contributed by atoms with Gasteiger partial charge >= 0.3 is 0 Å². The molecule has 3 nitrogen and oxygen atoms in total. The summed E-state index contributed by atoms with van der Waals surface area (Å²) >= 11 is 6.92. The van der Waals surface area contributed by atoms with Crippen molar-refractivity contribution in [3.63, 3.8) is 0 Å². The summed E-state index contributed by atoms with van der Waals surface area (Å²) in [7, 11) is 0. The highest BCUT2D eigenvalue weighted by Crippen LogP contribution is 2.34. The number of rotatable bonds is 4. The van der Waals surface area contributed by atoms with Crippen LogP contribution in [0, 0.1) is 0 Å². The topological polar surface area (TPSA) is 38.7 Å². The molecule has 0 saturated carbocycles. The lowest BCUT2D eigenvalue weighted by atomic mass is 10.1. The maximum absolute atomic E-state index is 9.28. The summed E-state index contributed by atoms with van der Waals surface area (Å²) in [6, 6.07) is 9.71. The molecule has 0 spiro atoms. The van der Waals surface area contributed by atoms with Gasteiger partial charge in [-0.2, -0.15) is 0 Å². The van der Waals surface area contributed by atoms with Gasteiger partial charge < -0.3 is 14.6 Å². The molecule has 0 atom stereocenters. The summed E-state index contributed by atoms with van der Waals surface area (Å²) in [5.41, 5.74) is 3.06. The molecule has 110 valence electrons. The molecule has 0 fully saturated rings. The molecule has 3 rings (SSSR count). The summed E-state index contributed by atoms with van der Waals surface area (Å²) < 4.78 is 13.4. The molecule has 0 amide bonds. The van der Waals surface area contributed by atoms with Gasteiger partial charge in [0.05, 0.1) is 13.2 Å². The van der Waals surface area contributed by atoms with Crippen LogP contribution < -0.4 is 9.47 Å². The molecule has 0 aromatic heterocycles. The van der Waals surface area contributed by atoms with Crippen LogP contribution in [0.5, 0.6) is 11.5 Å². The van der Waals surface area contributed by atoms with E-state index in [1.165, 1.54) is 5.56 Å². The molecule has 0 saturated heterocycles. The fourth-order valence-electron chi connectivity index (χ4n) is 2.38. The molecule has 2 aromatic rings. The fourth-order valence-corrected chi connectivity index (χ4v) is 3.30. The minimum atomic E-state index is -0.0207. The highest BCUT2D eigenvalue weighted by Gasteiger charge is 2.17. The van der Waals surface area contributed by atoms with Crippen molar-refractivity contribution >= 4 is 31.9 Å². The SMILES string of the molecule is OCc1cc(OCc2cc(Br)cc3c2OCC3)ccc1Br. The lowest BCUT2D eigenvalue weighted by Gasteiger charge is -2.12. The second-order valence-electron chi connectivity index (χ2n) is 4.85. The van der Waals surface area contributed by atoms with Gasteiger partial charge in [-0.1, -0.05) is 31.9 Å². The van der Waals surface area contributed by atoms with Crippen LogP contribution >= 0.6 is 31.9 Å². The molecule has 2 aromatic carbocycles. The molecule has 1 heterocycles. The first kappa shape index (κ1) is 14.9. The van der Waals surface area contributed by atoms with Crippen LogP contribution in [0.1, 0.15) is 16.7 Å². The Labute approximate surface area is 140 Å². The molecule has 1 aliphatic heterocycles. The van der Waals surface area contributed by atoms with Crippen LogP contribution in [0.3, 0.4) is 0 Å². The van der Waals surface area contributed by atoms with E-state index in [2.05, 4.69) is 37.9 Å². The Morgan fingerprint density at radius 2 is 2.00 bits per heavy atom. The van der Waals surface area contributed by atoms with Gasteiger partial charge in [-0.25, -0.2) is 0 Å². The van der Waals surface area contributed by atoms with E-state index < -0.39 is 0 Å². The summed E-state index contributed by atoms with van der Waals surface area (Å²) in [6.45, 7) is 1.15. The number of fused-ring (bicyclic) bond motifs is 1.